The van der Waals surface area contributed by atoms with Gasteiger partial charge in [-0.25, -0.2) is 4.79 Å². The molecular weight excluding hydrogens is 280 g/mol. The monoisotopic (exact) mass is 296 g/mol. The number of β-amino-alcohol motifs (C(OH)–C–C–N with tert-alkyl or cyclic N) is 1. The zero-order valence-electron chi connectivity index (χ0n) is 11.2. The summed E-state index contributed by atoms with van der Waals surface area (Å²) >= 11 is 0. The second-order valence-corrected chi connectivity index (χ2v) is 4.81. The van der Waals surface area contributed by atoms with E-state index in [1.54, 1.807) is 0 Å². The number of aliphatic hydroxyl groups excluding tert-OH is 1. The van der Waals surface area contributed by atoms with E-state index in [1.807, 2.05) is 0 Å². The molecule has 1 aliphatic heterocycles. The maximum atomic E-state index is 12.0. The number of aliphatic hydroxyl groups is 1. The quantitative estimate of drug-likeness (QED) is 0.670. The second-order valence-electron chi connectivity index (χ2n) is 4.81. The van der Waals surface area contributed by atoms with Crippen molar-refractivity contribution in [3.63, 3.8) is 0 Å². The first-order valence-corrected chi connectivity index (χ1v) is 6.49. The van der Waals surface area contributed by atoms with Crippen LogP contribution in [0.4, 0.5) is 0 Å². The van der Waals surface area contributed by atoms with E-state index >= 15 is 0 Å². The van der Waals surface area contributed by atoms with Crippen molar-refractivity contribution in [2.45, 2.75) is 25.0 Å². The Bertz CT molecular complexity index is 527. The number of furan rings is 1. The minimum Gasteiger partial charge on any atom is -0.480 e. The number of nitrogens with one attached hydrogen (secondary N) is 1. The molecule has 0 saturated carbocycles. The summed E-state index contributed by atoms with van der Waals surface area (Å²) in [6, 6.07) is 0.492. The minimum absolute atomic E-state index is 0.00543. The molecule has 1 aromatic heterocycles. The minimum atomic E-state index is -1.14. The molecule has 1 aromatic rings. The highest BCUT2D eigenvalue weighted by atomic mass is 16.4. The van der Waals surface area contributed by atoms with Crippen molar-refractivity contribution in [1.29, 1.82) is 0 Å². The van der Waals surface area contributed by atoms with E-state index in [9.17, 15) is 19.5 Å². The van der Waals surface area contributed by atoms with Crippen LogP contribution in [0.2, 0.25) is 0 Å². The van der Waals surface area contributed by atoms with Gasteiger partial charge in [0.15, 0.2) is 0 Å². The number of likely N-dealkylation sites (tertiary alicyclic amines) is 1. The fraction of sp³-hybridized carbons (Fsp3) is 0.462. The van der Waals surface area contributed by atoms with Gasteiger partial charge in [-0.1, -0.05) is 0 Å². The van der Waals surface area contributed by atoms with Gasteiger partial charge in [0.25, 0.3) is 5.91 Å². The number of aliphatic carboxylic acids is 1. The molecule has 8 nitrogen and oxygen atoms in total. The Kier molecular flexibility index (Phi) is 4.59. The second kappa shape index (κ2) is 6.40. The van der Waals surface area contributed by atoms with Gasteiger partial charge in [0.1, 0.15) is 12.3 Å². The Hall–Kier alpha value is -2.35. The lowest BCUT2D eigenvalue weighted by atomic mass is 10.2. The number of carbonyl (C=O) groups excluding carboxylic acids is 2. The molecule has 0 radical (unpaired) electrons. The summed E-state index contributed by atoms with van der Waals surface area (Å²) in [5, 5.41) is 21.0. The van der Waals surface area contributed by atoms with Crippen molar-refractivity contribution < 1.29 is 29.0 Å². The zero-order valence-corrected chi connectivity index (χ0v) is 11.2. The van der Waals surface area contributed by atoms with Crippen LogP contribution in [0, 0.1) is 0 Å². The summed E-state index contributed by atoms with van der Waals surface area (Å²) in [4.78, 5) is 35.7. The third kappa shape index (κ3) is 3.60. The van der Waals surface area contributed by atoms with Crippen LogP contribution in [0.3, 0.4) is 0 Å². The number of hydrogen-bond donors (Lipinski definition) is 3. The van der Waals surface area contributed by atoms with Crippen LogP contribution in [-0.4, -0.2) is 58.1 Å². The van der Waals surface area contributed by atoms with Crippen LogP contribution in [0.25, 0.3) is 0 Å². The van der Waals surface area contributed by atoms with Gasteiger partial charge in [0, 0.05) is 25.9 Å². The molecule has 3 N–H and O–H groups in total. The number of rotatable bonds is 5. The first kappa shape index (κ1) is 15.0. The van der Waals surface area contributed by atoms with Gasteiger partial charge in [0.05, 0.1) is 17.9 Å². The van der Waals surface area contributed by atoms with Crippen LogP contribution in [0.5, 0.6) is 0 Å². The highest BCUT2D eigenvalue weighted by Crippen LogP contribution is 2.18. The van der Waals surface area contributed by atoms with E-state index < -0.39 is 24.0 Å². The summed E-state index contributed by atoms with van der Waals surface area (Å²) in [6.07, 6.45) is 1.83. The van der Waals surface area contributed by atoms with Crippen LogP contribution < -0.4 is 5.32 Å². The van der Waals surface area contributed by atoms with Gasteiger partial charge in [-0.2, -0.15) is 0 Å². The number of amides is 2. The van der Waals surface area contributed by atoms with E-state index in [0.717, 1.165) is 4.90 Å². The standard InChI is InChI=1S/C13H16N2O6/c16-9-5-10(13(19)20)15(6-9)11(17)1-3-14-12(18)8-2-4-21-7-8/h2,4,7,9-10,16H,1,3,5-6H2,(H,14,18)(H,19,20). The fourth-order valence-corrected chi connectivity index (χ4v) is 2.25. The molecule has 0 bridgehead atoms. The molecule has 1 aliphatic rings. The third-order valence-corrected chi connectivity index (χ3v) is 3.29. The fourth-order valence-electron chi connectivity index (χ4n) is 2.25. The van der Waals surface area contributed by atoms with Gasteiger partial charge in [-0.15, -0.1) is 0 Å². The van der Waals surface area contributed by atoms with Gasteiger partial charge < -0.3 is 24.8 Å². The van der Waals surface area contributed by atoms with Crippen LogP contribution >= 0.6 is 0 Å². The Morgan fingerprint density at radius 1 is 1.43 bits per heavy atom. The Labute approximate surface area is 120 Å². The van der Waals surface area contributed by atoms with Crippen LogP contribution in [0.15, 0.2) is 23.0 Å². The lowest BCUT2D eigenvalue weighted by molar-refractivity contribution is -0.148. The van der Waals surface area contributed by atoms with E-state index in [2.05, 4.69) is 5.32 Å². The number of carboxylic acids is 1. The number of hydrogen-bond acceptors (Lipinski definition) is 5. The Morgan fingerprint density at radius 3 is 2.81 bits per heavy atom. The predicted octanol–water partition coefficient (Wildman–Crippen LogP) is -0.554. The van der Waals surface area contributed by atoms with E-state index in [1.165, 1.54) is 18.6 Å². The Balaban J connectivity index is 1.81. The molecule has 21 heavy (non-hydrogen) atoms. The predicted molar refractivity (Wildman–Crippen MR) is 69.4 cm³/mol. The summed E-state index contributed by atoms with van der Waals surface area (Å²) in [5.74, 6) is -1.92. The van der Waals surface area contributed by atoms with E-state index in [0.29, 0.717) is 5.56 Å². The van der Waals surface area contributed by atoms with Gasteiger partial charge >= 0.3 is 5.97 Å². The van der Waals surface area contributed by atoms with Gasteiger partial charge in [-0.3, -0.25) is 9.59 Å². The molecule has 2 unspecified atom stereocenters. The molecule has 0 aromatic carbocycles. The lowest BCUT2D eigenvalue weighted by Gasteiger charge is -2.21. The molecule has 1 fully saturated rings. The van der Waals surface area contributed by atoms with Crippen molar-refractivity contribution in [3.05, 3.63) is 24.2 Å². The molecule has 2 amide bonds. The maximum Gasteiger partial charge on any atom is 0.326 e. The smallest absolute Gasteiger partial charge is 0.326 e. The van der Waals surface area contributed by atoms with Crippen molar-refractivity contribution in [2.75, 3.05) is 13.1 Å². The number of nitrogens with zero attached hydrogens (tertiary/aromatic N) is 1. The summed E-state index contributed by atoms with van der Waals surface area (Å²) in [6.45, 7) is 0.0905. The molecule has 0 spiro atoms. The largest absolute Gasteiger partial charge is 0.480 e. The molecule has 8 heteroatoms. The highest BCUT2D eigenvalue weighted by molar-refractivity contribution is 5.94. The molecule has 2 rings (SSSR count). The first-order chi connectivity index (χ1) is 9.99. The molecule has 114 valence electrons. The molecule has 1 saturated heterocycles. The lowest BCUT2D eigenvalue weighted by Crippen LogP contribution is -2.41. The van der Waals surface area contributed by atoms with Gasteiger partial charge in [-0.05, 0) is 6.07 Å². The highest BCUT2D eigenvalue weighted by Gasteiger charge is 2.38. The molecule has 2 heterocycles. The van der Waals surface area contributed by atoms with Gasteiger partial charge in [0.2, 0.25) is 5.91 Å². The maximum absolute atomic E-state index is 12.0. The molecule has 2 atom stereocenters. The topological polar surface area (TPSA) is 120 Å². The van der Waals surface area contributed by atoms with Crippen molar-refractivity contribution in [3.8, 4) is 0 Å². The van der Waals surface area contributed by atoms with Crippen molar-refractivity contribution in [2.24, 2.45) is 0 Å². The molecule has 0 aliphatic carbocycles. The average molecular weight is 296 g/mol. The summed E-state index contributed by atoms with van der Waals surface area (Å²) in [7, 11) is 0. The third-order valence-electron chi connectivity index (χ3n) is 3.29. The van der Waals surface area contributed by atoms with Crippen molar-refractivity contribution in [1.82, 2.24) is 10.2 Å². The average Bonchev–Trinajstić information content (AvgIpc) is 3.07. The first-order valence-electron chi connectivity index (χ1n) is 6.49. The SMILES string of the molecule is O=C(NCCC(=O)N1CC(O)CC1C(=O)O)c1ccoc1. The Morgan fingerprint density at radius 2 is 2.19 bits per heavy atom. The number of carbonyl (C=O) groups is 3. The van der Waals surface area contributed by atoms with Crippen LogP contribution in [-0.2, 0) is 9.59 Å². The molecular formula is C13H16N2O6. The summed E-state index contributed by atoms with van der Waals surface area (Å²) in [5.41, 5.74) is 0.349. The van der Waals surface area contributed by atoms with Crippen LogP contribution in [0.1, 0.15) is 23.2 Å². The number of carboxylic acid groups (broad SMARTS) is 1. The summed E-state index contributed by atoms with van der Waals surface area (Å²) < 4.78 is 4.77. The van der Waals surface area contributed by atoms with E-state index in [-0.39, 0.29) is 31.8 Å². The van der Waals surface area contributed by atoms with E-state index in [4.69, 9.17) is 9.52 Å². The zero-order chi connectivity index (χ0) is 15.4. The normalized spacial score (nSPS) is 21.3. The van der Waals surface area contributed by atoms with Crippen molar-refractivity contribution >= 4 is 17.8 Å².